The summed E-state index contributed by atoms with van der Waals surface area (Å²) in [6, 6.07) is 1.76. The Balaban J connectivity index is 2.14. The lowest BCUT2D eigenvalue weighted by atomic mass is 10.3. The number of pyridine rings is 1. The van der Waals surface area contributed by atoms with E-state index in [2.05, 4.69) is 15.3 Å². The molecule has 0 aliphatic carbocycles. The average Bonchev–Trinajstić information content (AvgIpc) is 2.78. The maximum absolute atomic E-state index is 11.8. The molecule has 0 aliphatic rings. The zero-order valence-electron chi connectivity index (χ0n) is 9.38. The van der Waals surface area contributed by atoms with Crippen LogP contribution in [-0.4, -0.2) is 27.0 Å². The first-order valence-electron chi connectivity index (χ1n) is 4.98. The highest BCUT2D eigenvalue weighted by molar-refractivity contribution is 7.12. The first kappa shape index (κ1) is 12.2. The van der Waals surface area contributed by atoms with Crippen LogP contribution in [0.5, 0.6) is 0 Å². The van der Waals surface area contributed by atoms with Crippen molar-refractivity contribution >= 4 is 28.9 Å². The van der Waals surface area contributed by atoms with E-state index in [4.69, 9.17) is 5.11 Å². The molecule has 0 aliphatic heterocycles. The van der Waals surface area contributed by atoms with Crippen molar-refractivity contribution in [1.29, 1.82) is 0 Å². The number of carboxylic acid groups (broad SMARTS) is 1. The monoisotopic (exact) mass is 263 g/mol. The second-order valence-electron chi connectivity index (χ2n) is 3.55. The number of aromatic nitrogens is 2. The summed E-state index contributed by atoms with van der Waals surface area (Å²) in [5, 5.41) is 12.7. The Morgan fingerprint density at radius 3 is 2.78 bits per heavy atom. The van der Waals surface area contributed by atoms with Gasteiger partial charge in [0, 0.05) is 11.6 Å². The minimum atomic E-state index is -1.15. The number of nitrogens with one attached hydrogen (secondary N) is 1. The van der Waals surface area contributed by atoms with E-state index in [9.17, 15) is 9.59 Å². The van der Waals surface area contributed by atoms with Crippen LogP contribution in [0.1, 0.15) is 25.9 Å². The van der Waals surface area contributed by atoms with E-state index >= 15 is 0 Å². The fourth-order valence-corrected chi connectivity index (χ4v) is 1.97. The van der Waals surface area contributed by atoms with E-state index < -0.39 is 11.9 Å². The van der Waals surface area contributed by atoms with Crippen LogP contribution in [0, 0.1) is 6.92 Å². The first-order chi connectivity index (χ1) is 8.56. The number of aryl methyl sites for hydroxylation is 1. The summed E-state index contributed by atoms with van der Waals surface area (Å²) in [6.45, 7) is 1.86. The summed E-state index contributed by atoms with van der Waals surface area (Å²) < 4.78 is 0. The van der Waals surface area contributed by atoms with Crippen molar-refractivity contribution in [2.45, 2.75) is 6.92 Å². The number of carbonyl (C=O) groups excluding carboxylic acids is 1. The van der Waals surface area contributed by atoms with Gasteiger partial charge in [-0.25, -0.2) is 9.78 Å². The highest BCUT2D eigenvalue weighted by atomic mass is 32.1. The van der Waals surface area contributed by atoms with Crippen LogP contribution in [0.2, 0.25) is 0 Å². The molecule has 0 fully saturated rings. The highest BCUT2D eigenvalue weighted by Crippen LogP contribution is 2.13. The Kier molecular flexibility index (Phi) is 3.33. The normalized spacial score (nSPS) is 10.1. The number of thiazole rings is 1. The summed E-state index contributed by atoms with van der Waals surface area (Å²) >= 11 is 0.985. The molecule has 2 N–H and O–H groups in total. The minimum absolute atomic E-state index is 0.105. The third-order valence-corrected chi connectivity index (χ3v) is 2.89. The molecule has 0 bridgehead atoms. The lowest BCUT2D eigenvalue weighted by Crippen LogP contribution is -2.12. The molecular formula is C11H9N3O3S. The summed E-state index contributed by atoms with van der Waals surface area (Å²) in [5.74, 6) is -1.59. The summed E-state index contributed by atoms with van der Waals surface area (Å²) in [4.78, 5) is 30.1. The topological polar surface area (TPSA) is 92.2 Å². The van der Waals surface area contributed by atoms with E-state index in [-0.39, 0.29) is 10.7 Å². The van der Waals surface area contributed by atoms with Crippen LogP contribution in [0.25, 0.3) is 0 Å². The molecule has 2 rings (SSSR count). The van der Waals surface area contributed by atoms with Gasteiger partial charge in [0.25, 0.3) is 5.91 Å². The van der Waals surface area contributed by atoms with Gasteiger partial charge in [0.15, 0.2) is 10.7 Å². The van der Waals surface area contributed by atoms with Gasteiger partial charge < -0.3 is 10.4 Å². The van der Waals surface area contributed by atoms with Crippen molar-refractivity contribution in [3.05, 3.63) is 40.1 Å². The van der Waals surface area contributed by atoms with Crippen molar-refractivity contribution < 1.29 is 14.7 Å². The van der Waals surface area contributed by atoms with Crippen LogP contribution in [0.4, 0.5) is 5.69 Å². The van der Waals surface area contributed by atoms with Gasteiger partial charge in [0.2, 0.25) is 0 Å². The van der Waals surface area contributed by atoms with Crippen molar-refractivity contribution in [2.24, 2.45) is 0 Å². The van der Waals surface area contributed by atoms with Gasteiger partial charge in [-0.15, -0.1) is 11.3 Å². The van der Waals surface area contributed by atoms with Crippen LogP contribution < -0.4 is 5.32 Å². The summed E-state index contributed by atoms with van der Waals surface area (Å²) in [6.07, 6.45) is 3.18. The molecule has 0 saturated carbocycles. The molecular weight excluding hydrogens is 254 g/mol. The van der Waals surface area contributed by atoms with Crippen molar-refractivity contribution in [3.63, 3.8) is 0 Å². The number of carbonyl (C=O) groups is 2. The standard InChI is InChI=1S/C11H9N3O3S/c1-6-2-7(4-12-3-6)13-9(15)10-14-8(5-18-10)11(16)17/h2-5H,1H3,(H,13,15)(H,16,17). The molecule has 1 amide bonds. The molecule has 2 heterocycles. The largest absolute Gasteiger partial charge is 0.476 e. The molecule has 18 heavy (non-hydrogen) atoms. The van der Waals surface area contributed by atoms with Crippen LogP contribution in [-0.2, 0) is 0 Å². The number of amides is 1. The third-order valence-electron chi connectivity index (χ3n) is 2.05. The number of carboxylic acids is 1. The minimum Gasteiger partial charge on any atom is -0.476 e. The van der Waals surface area contributed by atoms with Gasteiger partial charge in [0.1, 0.15) is 0 Å². The van der Waals surface area contributed by atoms with E-state index in [1.54, 1.807) is 12.3 Å². The van der Waals surface area contributed by atoms with Crippen LogP contribution in [0.15, 0.2) is 23.8 Å². The molecule has 0 radical (unpaired) electrons. The molecule has 2 aromatic heterocycles. The number of aromatic carboxylic acids is 1. The maximum atomic E-state index is 11.8. The second kappa shape index (κ2) is 4.92. The van der Waals surface area contributed by atoms with Gasteiger partial charge in [-0.2, -0.15) is 0 Å². The molecule has 2 aromatic rings. The lowest BCUT2D eigenvalue weighted by Gasteiger charge is -2.02. The Bertz CT molecular complexity index is 609. The smallest absolute Gasteiger partial charge is 0.355 e. The van der Waals surface area contributed by atoms with E-state index in [1.165, 1.54) is 11.6 Å². The Hall–Kier alpha value is -2.28. The van der Waals surface area contributed by atoms with E-state index in [0.717, 1.165) is 16.9 Å². The highest BCUT2D eigenvalue weighted by Gasteiger charge is 2.14. The Labute approximate surface area is 106 Å². The van der Waals surface area contributed by atoms with Gasteiger partial charge in [0.05, 0.1) is 11.9 Å². The van der Waals surface area contributed by atoms with Crippen molar-refractivity contribution in [3.8, 4) is 0 Å². The predicted molar refractivity (Wildman–Crippen MR) is 66.0 cm³/mol. The van der Waals surface area contributed by atoms with Gasteiger partial charge in [-0.1, -0.05) is 0 Å². The van der Waals surface area contributed by atoms with Crippen molar-refractivity contribution in [1.82, 2.24) is 9.97 Å². The fraction of sp³-hybridized carbons (Fsp3) is 0.0909. The van der Waals surface area contributed by atoms with Crippen LogP contribution in [0.3, 0.4) is 0 Å². The zero-order valence-corrected chi connectivity index (χ0v) is 10.2. The maximum Gasteiger partial charge on any atom is 0.355 e. The SMILES string of the molecule is Cc1cncc(NC(=O)c2nc(C(=O)O)cs2)c1. The average molecular weight is 263 g/mol. The molecule has 0 spiro atoms. The van der Waals surface area contributed by atoms with Gasteiger partial charge >= 0.3 is 5.97 Å². The Morgan fingerprint density at radius 1 is 1.39 bits per heavy atom. The second-order valence-corrected chi connectivity index (χ2v) is 4.41. The molecule has 92 valence electrons. The van der Waals surface area contributed by atoms with Crippen LogP contribution >= 0.6 is 11.3 Å². The summed E-state index contributed by atoms with van der Waals surface area (Å²) in [5.41, 5.74) is 1.33. The third kappa shape index (κ3) is 2.69. The molecule has 0 saturated heterocycles. The first-order valence-corrected chi connectivity index (χ1v) is 5.86. The molecule has 0 atom stereocenters. The fourth-order valence-electron chi connectivity index (χ4n) is 1.28. The number of rotatable bonds is 3. The number of anilines is 1. The quantitative estimate of drug-likeness (QED) is 0.880. The van der Waals surface area contributed by atoms with E-state index in [1.807, 2.05) is 6.92 Å². The van der Waals surface area contributed by atoms with Gasteiger partial charge in [-0.3, -0.25) is 9.78 Å². The number of hydrogen-bond donors (Lipinski definition) is 2. The number of nitrogens with zero attached hydrogens (tertiary/aromatic N) is 2. The number of hydrogen-bond acceptors (Lipinski definition) is 5. The van der Waals surface area contributed by atoms with Crippen molar-refractivity contribution in [2.75, 3.05) is 5.32 Å². The zero-order chi connectivity index (χ0) is 13.1. The van der Waals surface area contributed by atoms with Gasteiger partial charge in [-0.05, 0) is 18.6 Å². The molecule has 0 aromatic carbocycles. The summed E-state index contributed by atoms with van der Waals surface area (Å²) in [7, 11) is 0. The molecule has 0 unspecified atom stereocenters. The predicted octanol–water partition coefficient (Wildman–Crippen LogP) is 1.80. The molecule has 7 heteroatoms. The Morgan fingerprint density at radius 2 is 2.17 bits per heavy atom. The molecule has 6 nitrogen and oxygen atoms in total. The van der Waals surface area contributed by atoms with E-state index in [0.29, 0.717) is 5.69 Å². The lowest BCUT2D eigenvalue weighted by molar-refractivity contribution is 0.0691.